The molecule has 12 nitrogen and oxygen atoms in total. The van der Waals surface area contributed by atoms with Gasteiger partial charge in [-0.15, -0.1) is 5.10 Å². The predicted octanol–water partition coefficient (Wildman–Crippen LogP) is -0.637. The molecule has 1 heterocycles. The number of hydrogen-bond donors (Lipinski definition) is 7. The highest BCUT2D eigenvalue weighted by Gasteiger charge is 2.26. The molecule has 0 radical (unpaired) electrons. The van der Waals surface area contributed by atoms with Gasteiger partial charge in [-0.25, -0.2) is 24.5 Å². The number of sulfonamides is 1. The Morgan fingerprint density at radius 3 is 2.67 bits per heavy atom. The second kappa shape index (κ2) is 8.86. The number of amidine groups is 1. The third kappa shape index (κ3) is 4.04. The number of rotatable bonds is 8. The minimum Gasteiger partial charge on any atom is -0.424 e. The summed E-state index contributed by atoms with van der Waals surface area (Å²) in [5.41, 5.74) is 21.6. The van der Waals surface area contributed by atoms with Crippen molar-refractivity contribution in [1.82, 2.24) is 15.2 Å². The number of aromatic nitrogens is 1. The van der Waals surface area contributed by atoms with Crippen molar-refractivity contribution in [1.29, 1.82) is 0 Å². The van der Waals surface area contributed by atoms with E-state index in [1.807, 2.05) is 0 Å². The van der Waals surface area contributed by atoms with Crippen LogP contribution in [0.25, 0.3) is 22.2 Å². The number of nitrogens with two attached hydrogens (primary N) is 5. The van der Waals surface area contributed by atoms with E-state index in [2.05, 4.69) is 20.3 Å². The van der Waals surface area contributed by atoms with Gasteiger partial charge < -0.3 is 21.6 Å². The summed E-state index contributed by atoms with van der Waals surface area (Å²) in [4.78, 5) is 4.30. The van der Waals surface area contributed by atoms with E-state index in [0.717, 1.165) is 0 Å². The molecule has 0 aliphatic heterocycles. The highest BCUT2D eigenvalue weighted by atomic mass is 32.2. The number of oxazole rings is 1. The van der Waals surface area contributed by atoms with Crippen molar-refractivity contribution in [3.8, 4) is 11.1 Å². The lowest BCUT2D eigenvalue weighted by molar-refractivity contribution is 0.580. The molecule has 3 rings (SSSR count). The van der Waals surface area contributed by atoms with Crippen LogP contribution < -0.4 is 38.4 Å². The monoisotopic (exact) mass is 451 g/mol. The standard InChI is InChI=1S/C16H21N9O3S2/c17-6-7-22-30(26,27)11-5-4-8(12(14(11)29-21)15(18)24-25-20)9-2-1-3-10-13(9)23-16(19)28-10/h1-5,22,25H,6-7,17,20-21H2,(H2,18,24)(H2,19,23). The van der Waals surface area contributed by atoms with Crippen LogP contribution in [0, 0.1) is 0 Å². The molecule has 0 spiro atoms. The van der Waals surface area contributed by atoms with Crippen molar-refractivity contribution < 1.29 is 12.8 Å². The summed E-state index contributed by atoms with van der Waals surface area (Å²) in [6.45, 7) is 0.186. The molecule has 0 saturated carbocycles. The molecule has 0 aliphatic carbocycles. The number of nitrogens with one attached hydrogen (secondary N) is 2. The molecule has 0 aliphatic rings. The Hall–Kier alpha value is -2.88. The molecular formula is C16H21N9O3S2. The molecule has 0 unspecified atom stereocenters. The van der Waals surface area contributed by atoms with Crippen LogP contribution in [0.5, 0.6) is 0 Å². The van der Waals surface area contributed by atoms with E-state index in [4.69, 9.17) is 32.6 Å². The molecule has 0 saturated heterocycles. The van der Waals surface area contributed by atoms with E-state index in [0.29, 0.717) is 34.2 Å². The van der Waals surface area contributed by atoms with Gasteiger partial charge in [0.05, 0.1) is 9.79 Å². The number of nitrogen functional groups attached to an aromatic ring is 1. The topological polar surface area (TPSA) is 227 Å². The van der Waals surface area contributed by atoms with Crippen LogP contribution in [-0.4, -0.2) is 32.3 Å². The van der Waals surface area contributed by atoms with Gasteiger partial charge in [-0.05, 0) is 29.6 Å². The van der Waals surface area contributed by atoms with Crippen LogP contribution in [-0.2, 0) is 10.0 Å². The second-order valence-corrected chi connectivity index (χ2v) is 8.33. The third-order valence-electron chi connectivity index (χ3n) is 4.13. The van der Waals surface area contributed by atoms with Crippen LogP contribution in [0.1, 0.15) is 5.56 Å². The number of para-hydroxylation sites is 1. The van der Waals surface area contributed by atoms with Gasteiger partial charge in [0.15, 0.2) is 11.4 Å². The fraction of sp³-hybridized carbons (Fsp3) is 0.125. The molecule has 12 N–H and O–H groups in total. The maximum atomic E-state index is 12.8. The molecule has 160 valence electrons. The first-order valence-electron chi connectivity index (χ1n) is 8.52. The van der Waals surface area contributed by atoms with Crippen LogP contribution in [0.15, 0.2) is 49.6 Å². The average Bonchev–Trinajstić information content (AvgIpc) is 3.11. The molecule has 1 aromatic heterocycles. The number of benzene rings is 2. The molecule has 0 amide bonds. The average molecular weight is 452 g/mol. The van der Waals surface area contributed by atoms with E-state index in [9.17, 15) is 8.42 Å². The SMILES string of the molecule is NCCNS(=O)(=O)c1ccc(-c2cccc3oc(N)nc23)c(/C(N)=N/NN)c1SN. The molecule has 14 heteroatoms. The Kier molecular flexibility index (Phi) is 6.45. The van der Waals surface area contributed by atoms with Crippen LogP contribution in [0.3, 0.4) is 0 Å². The Bertz CT molecular complexity index is 1210. The lowest BCUT2D eigenvalue weighted by Gasteiger charge is -2.17. The molecule has 0 bridgehead atoms. The summed E-state index contributed by atoms with van der Waals surface area (Å²) in [6, 6.07) is 8.18. The van der Waals surface area contributed by atoms with Gasteiger partial charge in [-0.1, -0.05) is 18.2 Å². The lowest BCUT2D eigenvalue weighted by atomic mass is 9.98. The quantitative estimate of drug-likeness (QED) is 0.0749. The van der Waals surface area contributed by atoms with E-state index in [1.54, 1.807) is 24.3 Å². The van der Waals surface area contributed by atoms with Crippen molar-refractivity contribution in [3.05, 3.63) is 35.9 Å². The first-order chi connectivity index (χ1) is 14.3. The van der Waals surface area contributed by atoms with Crippen LogP contribution >= 0.6 is 11.9 Å². The maximum Gasteiger partial charge on any atom is 0.293 e. The Morgan fingerprint density at radius 2 is 2.00 bits per heavy atom. The van der Waals surface area contributed by atoms with Gasteiger partial charge >= 0.3 is 0 Å². The largest absolute Gasteiger partial charge is 0.424 e. The Balaban J connectivity index is 2.35. The fourth-order valence-electron chi connectivity index (χ4n) is 2.95. The van der Waals surface area contributed by atoms with Gasteiger partial charge in [-0.3, -0.25) is 5.14 Å². The smallest absolute Gasteiger partial charge is 0.293 e. The van der Waals surface area contributed by atoms with Crippen LogP contribution in [0.4, 0.5) is 6.01 Å². The fourth-order valence-corrected chi connectivity index (χ4v) is 5.08. The zero-order valence-electron chi connectivity index (χ0n) is 15.6. The van der Waals surface area contributed by atoms with Gasteiger partial charge in [0.1, 0.15) is 5.52 Å². The number of fused-ring (bicyclic) bond motifs is 1. The molecular weight excluding hydrogens is 430 g/mol. The van der Waals surface area contributed by atoms with E-state index >= 15 is 0 Å². The normalized spacial score (nSPS) is 12.4. The highest BCUT2D eigenvalue weighted by Crippen LogP contribution is 2.38. The summed E-state index contributed by atoms with van der Waals surface area (Å²) in [7, 11) is -3.92. The van der Waals surface area contributed by atoms with Gasteiger partial charge in [0.25, 0.3) is 6.01 Å². The predicted molar refractivity (Wildman–Crippen MR) is 116 cm³/mol. The number of hydrogen-bond acceptors (Lipinski definition) is 11. The Morgan fingerprint density at radius 1 is 1.23 bits per heavy atom. The van der Waals surface area contributed by atoms with Gasteiger partial charge in [0.2, 0.25) is 10.0 Å². The molecule has 3 aromatic rings. The first kappa shape index (κ1) is 21.8. The first-order valence-corrected chi connectivity index (χ1v) is 10.9. The number of hydrazine groups is 1. The summed E-state index contributed by atoms with van der Waals surface area (Å²) in [5, 5.41) is 9.67. The summed E-state index contributed by atoms with van der Waals surface area (Å²) in [5.74, 6) is 5.21. The Labute approximate surface area is 176 Å². The van der Waals surface area contributed by atoms with E-state index < -0.39 is 10.0 Å². The number of nitrogens with zero attached hydrogens (tertiary/aromatic N) is 2. The zero-order valence-corrected chi connectivity index (χ0v) is 17.3. The molecule has 2 aromatic carbocycles. The number of hydrazone groups is 1. The summed E-state index contributed by atoms with van der Waals surface area (Å²) >= 11 is 0.708. The zero-order chi connectivity index (χ0) is 21.9. The second-order valence-electron chi connectivity index (χ2n) is 5.95. The van der Waals surface area contributed by atoms with Crippen molar-refractivity contribution in [2.75, 3.05) is 18.8 Å². The van der Waals surface area contributed by atoms with Gasteiger partial charge in [-0.2, -0.15) is 4.98 Å². The van der Waals surface area contributed by atoms with Crippen LogP contribution in [0.2, 0.25) is 0 Å². The van der Waals surface area contributed by atoms with E-state index in [-0.39, 0.29) is 40.3 Å². The minimum absolute atomic E-state index is 0.0112. The van der Waals surface area contributed by atoms with Crippen molar-refractivity contribution in [2.24, 2.45) is 27.6 Å². The van der Waals surface area contributed by atoms with Crippen molar-refractivity contribution in [3.63, 3.8) is 0 Å². The molecule has 0 atom stereocenters. The minimum atomic E-state index is -3.92. The summed E-state index contributed by atoms with van der Waals surface area (Å²) < 4.78 is 33.3. The lowest BCUT2D eigenvalue weighted by Crippen LogP contribution is -2.30. The molecule has 0 fully saturated rings. The molecule has 30 heavy (non-hydrogen) atoms. The third-order valence-corrected chi connectivity index (χ3v) is 6.42. The van der Waals surface area contributed by atoms with Crippen molar-refractivity contribution >= 4 is 44.9 Å². The highest BCUT2D eigenvalue weighted by molar-refractivity contribution is 7.98. The van der Waals surface area contributed by atoms with E-state index in [1.165, 1.54) is 6.07 Å². The van der Waals surface area contributed by atoms with Gasteiger partial charge in [0, 0.05) is 24.2 Å². The maximum absolute atomic E-state index is 12.8. The number of anilines is 1. The van der Waals surface area contributed by atoms with Crippen molar-refractivity contribution in [2.45, 2.75) is 9.79 Å². The summed E-state index contributed by atoms with van der Waals surface area (Å²) in [6.07, 6.45) is 0.